The number of methoxy groups -OCH3 is 1. The Morgan fingerprint density at radius 3 is 2.58 bits per heavy atom. The number of aliphatic hydroxyl groups is 1. The molecule has 64 heavy (non-hydrogen) atoms. The van der Waals surface area contributed by atoms with Crippen molar-refractivity contribution in [2.24, 2.45) is 4.99 Å². The molecule has 21 heteroatoms. The second-order valence-electron chi connectivity index (χ2n) is 16.5. The molecule has 4 aliphatic heterocycles. The van der Waals surface area contributed by atoms with E-state index < -0.39 is 30.9 Å². The van der Waals surface area contributed by atoms with Crippen molar-refractivity contribution >= 4 is 91.8 Å². The quantitative estimate of drug-likeness (QED) is 0.0450. The van der Waals surface area contributed by atoms with E-state index in [-0.39, 0.29) is 71.7 Å². The molecule has 3 amide bonds. The molecule has 4 aliphatic rings. The highest BCUT2D eigenvalue weighted by Crippen LogP contribution is 2.49. The number of hydrogen-bond donors (Lipinski definition) is 3. The van der Waals surface area contributed by atoms with E-state index in [4.69, 9.17) is 30.3 Å². The molecule has 0 spiro atoms. The molecule has 340 valence electrons. The van der Waals surface area contributed by atoms with Crippen molar-refractivity contribution in [3.05, 3.63) is 71.8 Å². The molecule has 1 saturated heterocycles. The van der Waals surface area contributed by atoms with Crippen molar-refractivity contribution in [1.82, 2.24) is 14.9 Å². The largest absolute Gasteiger partial charge is 0.524 e. The number of hydrogen-bond acceptors (Lipinski definition) is 14. The summed E-state index contributed by atoms with van der Waals surface area (Å²) >= 11 is 6.38. The van der Waals surface area contributed by atoms with Crippen LogP contribution in [0.4, 0.5) is 21.9 Å². The van der Waals surface area contributed by atoms with Gasteiger partial charge in [0.2, 0.25) is 5.91 Å². The first-order chi connectivity index (χ1) is 30.7. The molecule has 3 atom stereocenters. The molecule has 8 rings (SSSR count). The van der Waals surface area contributed by atoms with Gasteiger partial charge in [0.05, 0.1) is 58.4 Å². The van der Waals surface area contributed by atoms with Gasteiger partial charge in [0.15, 0.2) is 17.7 Å². The van der Waals surface area contributed by atoms with Crippen LogP contribution in [0.15, 0.2) is 60.0 Å². The molecule has 17 nitrogen and oxygen atoms in total. The predicted octanol–water partition coefficient (Wildman–Crippen LogP) is 7.74. The third-order valence-corrected chi connectivity index (χ3v) is 15.6. The smallest absolute Gasteiger partial charge is 0.493 e. The summed E-state index contributed by atoms with van der Waals surface area (Å²) in [6, 6.07) is 11.0. The minimum absolute atomic E-state index is 0.00698. The van der Waals surface area contributed by atoms with Crippen LogP contribution >= 0.6 is 41.0 Å². The first-order valence-corrected chi connectivity index (χ1v) is 25.1. The third kappa shape index (κ3) is 9.66. The molecular formula is C43H48ClN6O11PS2. The average Bonchev–Trinajstić information content (AvgIpc) is 4.02. The predicted molar refractivity (Wildman–Crippen MR) is 245 cm³/mol. The number of amides is 3. The summed E-state index contributed by atoms with van der Waals surface area (Å²) in [5.74, 6) is 0.0634. The molecule has 0 saturated carbocycles. The molecule has 0 bridgehead atoms. The monoisotopic (exact) mass is 954 g/mol. The van der Waals surface area contributed by atoms with Gasteiger partial charge in [-0.05, 0) is 73.8 Å². The van der Waals surface area contributed by atoms with Crippen LogP contribution in [-0.4, -0.2) is 109 Å². The summed E-state index contributed by atoms with van der Waals surface area (Å²) in [4.78, 5) is 78.2. The minimum Gasteiger partial charge on any atom is -0.493 e. The molecule has 3 aromatic carbocycles. The normalized spacial score (nSPS) is 19.2. The summed E-state index contributed by atoms with van der Waals surface area (Å²) in [6.07, 6.45) is 4.59. The van der Waals surface area contributed by atoms with Crippen LogP contribution in [0.3, 0.4) is 0 Å². The summed E-state index contributed by atoms with van der Waals surface area (Å²) in [6.45, 7) is 4.82. The molecule has 1 unspecified atom stereocenters. The number of carbonyl (C=O) groups is 3. The van der Waals surface area contributed by atoms with Crippen LogP contribution in [0.1, 0.15) is 79.9 Å². The van der Waals surface area contributed by atoms with Crippen LogP contribution in [0, 0.1) is 0 Å². The fourth-order valence-corrected chi connectivity index (χ4v) is 11.3. The SMILES string of the molecule is COc1cc2c(cc1OCCCCCC(=O)N1C[C@@H](CCl)c3c1cc(OP(=O)(O)O)c1ccccc31)N(C(=O)OCC(C)(C)SSC1=Nc3cncnc3C1)C(O)[C@@H]1CCCN1C2=O. The van der Waals surface area contributed by atoms with Crippen LogP contribution < -0.4 is 23.8 Å². The Morgan fingerprint density at radius 2 is 1.83 bits per heavy atom. The van der Waals surface area contributed by atoms with Gasteiger partial charge in [-0.1, -0.05) is 35.1 Å². The second-order valence-corrected chi connectivity index (χ2v) is 20.9. The van der Waals surface area contributed by atoms with E-state index >= 15 is 0 Å². The first-order valence-electron chi connectivity index (χ1n) is 20.9. The molecule has 0 radical (unpaired) electrons. The number of phosphoric acid groups is 1. The van der Waals surface area contributed by atoms with Gasteiger partial charge in [-0.3, -0.25) is 19.4 Å². The van der Waals surface area contributed by atoms with Crippen molar-refractivity contribution < 1.29 is 52.6 Å². The van der Waals surface area contributed by atoms with Crippen LogP contribution in [0.2, 0.25) is 0 Å². The molecule has 4 aromatic rings. The number of aromatic nitrogens is 2. The lowest BCUT2D eigenvalue weighted by molar-refractivity contribution is -0.118. The van der Waals surface area contributed by atoms with Gasteiger partial charge in [0.25, 0.3) is 5.91 Å². The summed E-state index contributed by atoms with van der Waals surface area (Å²) in [5, 5.41) is 13.9. The molecule has 1 fully saturated rings. The van der Waals surface area contributed by atoms with E-state index in [1.54, 1.807) is 28.1 Å². The van der Waals surface area contributed by atoms with Crippen molar-refractivity contribution in [3.63, 3.8) is 0 Å². The van der Waals surface area contributed by atoms with Gasteiger partial charge >= 0.3 is 13.9 Å². The highest BCUT2D eigenvalue weighted by atomic mass is 35.5. The van der Waals surface area contributed by atoms with E-state index in [0.717, 1.165) is 26.9 Å². The van der Waals surface area contributed by atoms with Crippen molar-refractivity contribution in [2.75, 3.05) is 49.1 Å². The number of alkyl halides is 1. The maximum absolute atomic E-state index is 14.1. The lowest BCUT2D eigenvalue weighted by Gasteiger charge is -2.32. The number of halogens is 1. The van der Waals surface area contributed by atoms with Gasteiger partial charge in [0, 0.05) is 55.2 Å². The Hall–Kier alpha value is -4.62. The Morgan fingerprint density at radius 1 is 1.05 bits per heavy atom. The van der Waals surface area contributed by atoms with Gasteiger partial charge < -0.3 is 33.6 Å². The topological polar surface area (TPSA) is 214 Å². The number of benzene rings is 3. The highest BCUT2D eigenvalue weighted by Gasteiger charge is 2.46. The van der Waals surface area contributed by atoms with E-state index in [9.17, 15) is 33.8 Å². The number of rotatable bonds is 15. The molecule has 5 heterocycles. The second kappa shape index (κ2) is 19.1. The minimum atomic E-state index is -4.89. The number of anilines is 2. The molecular weight excluding hydrogens is 907 g/mol. The number of phosphoric ester groups is 1. The number of aliphatic imine (C=N–C) groups is 1. The van der Waals surface area contributed by atoms with Crippen molar-refractivity contribution in [2.45, 2.75) is 81.7 Å². The van der Waals surface area contributed by atoms with E-state index in [2.05, 4.69) is 15.0 Å². The third-order valence-electron chi connectivity index (χ3n) is 11.5. The lowest BCUT2D eigenvalue weighted by atomic mass is 9.95. The summed E-state index contributed by atoms with van der Waals surface area (Å²) in [7, 11) is -0.459. The lowest BCUT2D eigenvalue weighted by Crippen LogP contribution is -2.51. The zero-order valence-corrected chi connectivity index (χ0v) is 38.6. The van der Waals surface area contributed by atoms with Gasteiger partial charge in [-0.2, -0.15) is 0 Å². The zero-order chi connectivity index (χ0) is 45.3. The standard InChI is InChI=1S/C43H48ClN6O11PS2/c1-43(2,64-63-37-17-29-30(47-37)21-45-24-46-29)23-60-42(54)50-32-18-36(35(58-3)16-28(32)40(52)48-14-9-12-31(48)41(50)53)59-15-8-4-5-13-38(51)49-22-25(20-44)39-27-11-7-6-10-26(27)34(19-33(39)49)61-62(55,56)57/h6-7,10-11,16,18-19,21,24-25,31,41,53H,4-5,8-9,12-15,17,20,22-23H2,1-3H3,(H2,55,56,57)/t25-,31+,41?/m1/s1. The fourth-order valence-electron chi connectivity index (χ4n) is 8.51. The van der Waals surface area contributed by atoms with Crippen LogP contribution in [0.25, 0.3) is 10.8 Å². The molecule has 0 aliphatic carbocycles. The Balaban J connectivity index is 0.914. The molecule has 3 N–H and O–H groups in total. The Bertz CT molecular complexity index is 2550. The summed E-state index contributed by atoms with van der Waals surface area (Å²) < 4.78 is 34.1. The zero-order valence-electron chi connectivity index (χ0n) is 35.3. The first kappa shape index (κ1) is 45.9. The Labute approximate surface area is 382 Å². The number of ether oxygens (including phenoxy) is 3. The van der Waals surface area contributed by atoms with Crippen LogP contribution in [-0.2, 0) is 20.5 Å². The fraction of sp³-hybridized carbons (Fsp3) is 0.442. The summed E-state index contributed by atoms with van der Waals surface area (Å²) in [5.41, 5.74) is 3.25. The van der Waals surface area contributed by atoms with E-state index in [1.807, 2.05) is 26.0 Å². The maximum Gasteiger partial charge on any atom is 0.524 e. The number of fused-ring (bicyclic) bond motifs is 6. The van der Waals surface area contributed by atoms with Gasteiger partial charge in [0.1, 0.15) is 24.4 Å². The van der Waals surface area contributed by atoms with Crippen LogP contribution in [0.5, 0.6) is 17.2 Å². The maximum atomic E-state index is 14.1. The van der Waals surface area contributed by atoms with Crippen molar-refractivity contribution in [1.29, 1.82) is 0 Å². The average molecular weight is 955 g/mol. The number of nitrogens with zero attached hydrogens (tertiary/aromatic N) is 6. The van der Waals surface area contributed by atoms with E-state index in [0.29, 0.717) is 68.1 Å². The Kier molecular flexibility index (Phi) is 13.7. The number of aliphatic hydroxyl groups excluding tert-OH is 1. The van der Waals surface area contributed by atoms with E-state index in [1.165, 1.54) is 53.2 Å². The van der Waals surface area contributed by atoms with Gasteiger partial charge in [-0.25, -0.2) is 29.2 Å². The van der Waals surface area contributed by atoms with Crippen molar-refractivity contribution in [3.8, 4) is 17.2 Å². The molecule has 1 aromatic heterocycles. The van der Waals surface area contributed by atoms with Gasteiger partial charge in [-0.15, -0.1) is 11.6 Å². The number of unbranched alkanes of at least 4 members (excludes halogenated alkanes) is 2. The highest BCUT2D eigenvalue weighted by molar-refractivity contribution is 8.82. The number of carbonyl (C=O) groups excluding carboxylic acids is 3.